The summed E-state index contributed by atoms with van der Waals surface area (Å²) in [6, 6.07) is 8.58. The summed E-state index contributed by atoms with van der Waals surface area (Å²) in [5.41, 5.74) is 1.58. The number of ether oxygens (including phenoxy) is 1. The Kier molecular flexibility index (Phi) is 2.68. The molecule has 0 fully saturated rings. The third-order valence-corrected chi connectivity index (χ3v) is 2.77. The average Bonchev–Trinajstić information content (AvgIpc) is 2.82. The number of aromatic nitrogens is 2. The second kappa shape index (κ2) is 4.49. The minimum atomic E-state index is -0.237. The van der Waals surface area contributed by atoms with E-state index in [1.54, 1.807) is 30.7 Å². The molecule has 1 N–H and O–H groups in total. The molecule has 0 radical (unpaired) electrons. The topological polar surface area (TPSA) is 37.9 Å². The zero-order valence-electron chi connectivity index (χ0n) is 9.56. The minimum absolute atomic E-state index is 0.237. The van der Waals surface area contributed by atoms with Crippen molar-refractivity contribution in [3.63, 3.8) is 0 Å². The molecule has 0 aliphatic heterocycles. The van der Waals surface area contributed by atoms with E-state index in [0.29, 0.717) is 17.7 Å². The predicted molar refractivity (Wildman–Crippen MR) is 66.8 cm³/mol. The summed E-state index contributed by atoms with van der Waals surface area (Å²) in [7, 11) is 0. The van der Waals surface area contributed by atoms with Gasteiger partial charge in [-0.15, -0.1) is 0 Å². The van der Waals surface area contributed by atoms with Gasteiger partial charge in [0.25, 0.3) is 0 Å². The van der Waals surface area contributed by atoms with Crippen molar-refractivity contribution in [1.82, 2.24) is 9.97 Å². The summed E-state index contributed by atoms with van der Waals surface area (Å²) in [6.07, 6.45) is 5.08. The molecule has 0 aliphatic carbocycles. The molecule has 90 valence electrons. The van der Waals surface area contributed by atoms with Crippen LogP contribution >= 0.6 is 0 Å². The van der Waals surface area contributed by atoms with Crippen molar-refractivity contribution in [2.45, 2.75) is 6.61 Å². The maximum absolute atomic E-state index is 13.7. The fraction of sp³-hybridized carbons (Fsp3) is 0.0714. The van der Waals surface area contributed by atoms with Crippen LogP contribution in [0.2, 0.25) is 0 Å². The molecule has 0 bridgehead atoms. The normalized spacial score (nSPS) is 10.7. The van der Waals surface area contributed by atoms with Crippen molar-refractivity contribution in [3.8, 4) is 5.75 Å². The molecule has 2 heterocycles. The Morgan fingerprint density at radius 1 is 1.22 bits per heavy atom. The molecule has 0 saturated heterocycles. The van der Waals surface area contributed by atoms with Crippen molar-refractivity contribution in [3.05, 3.63) is 60.3 Å². The first-order valence-corrected chi connectivity index (χ1v) is 5.62. The maximum Gasteiger partial charge on any atom is 0.138 e. The van der Waals surface area contributed by atoms with Gasteiger partial charge in [0.05, 0.1) is 6.20 Å². The quantitative estimate of drug-likeness (QED) is 0.765. The number of hydrogen-bond acceptors (Lipinski definition) is 2. The highest BCUT2D eigenvalue weighted by Gasteiger charge is 2.08. The molecule has 0 atom stereocenters. The summed E-state index contributed by atoms with van der Waals surface area (Å²) in [6.45, 7) is 0.312. The van der Waals surface area contributed by atoms with Gasteiger partial charge in [-0.3, -0.25) is 4.98 Å². The van der Waals surface area contributed by atoms with Gasteiger partial charge < -0.3 is 9.72 Å². The molecule has 3 nitrogen and oxygen atoms in total. The third-order valence-electron chi connectivity index (χ3n) is 2.77. The SMILES string of the molecule is Fc1cccc2[nH]cc(COc3cccnc3)c12. The lowest BCUT2D eigenvalue weighted by molar-refractivity contribution is 0.306. The monoisotopic (exact) mass is 242 g/mol. The van der Waals surface area contributed by atoms with Crippen molar-refractivity contribution in [1.29, 1.82) is 0 Å². The average molecular weight is 242 g/mol. The zero-order chi connectivity index (χ0) is 12.4. The van der Waals surface area contributed by atoms with Gasteiger partial charge in [0.1, 0.15) is 18.2 Å². The van der Waals surface area contributed by atoms with Crippen LogP contribution in [-0.4, -0.2) is 9.97 Å². The molecule has 4 heteroatoms. The van der Waals surface area contributed by atoms with Gasteiger partial charge in [-0.2, -0.15) is 0 Å². The number of hydrogen-bond donors (Lipinski definition) is 1. The molecule has 0 spiro atoms. The molecule has 0 aliphatic rings. The van der Waals surface area contributed by atoms with Crippen molar-refractivity contribution < 1.29 is 9.13 Å². The van der Waals surface area contributed by atoms with Crippen LogP contribution in [-0.2, 0) is 6.61 Å². The highest BCUT2D eigenvalue weighted by molar-refractivity contribution is 5.83. The number of nitrogens with zero attached hydrogens (tertiary/aromatic N) is 1. The van der Waals surface area contributed by atoms with E-state index < -0.39 is 0 Å². The van der Waals surface area contributed by atoms with E-state index >= 15 is 0 Å². The number of halogens is 1. The van der Waals surface area contributed by atoms with E-state index in [4.69, 9.17) is 4.74 Å². The molecule has 3 aromatic rings. The maximum atomic E-state index is 13.7. The van der Waals surface area contributed by atoms with E-state index in [-0.39, 0.29) is 5.82 Å². The van der Waals surface area contributed by atoms with Crippen molar-refractivity contribution >= 4 is 10.9 Å². The summed E-state index contributed by atoms with van der Waals surface area (Å²) in [5, 5.41) is 0.585. The van der Waals surface area contributed by atoms with E-state index in [1.807, 2.05) is 12.1 Å². The first-order chi connectivity index (χ1) is 8.84. The number of aromatic amines is 1. The van der Waals surface area contributed by atoms with Crippen LogP contribution in [0.3, 0.4) is 0 Å². The van der Waals surface area contributed by atoms with Gasteiger partial charge in [0.2, 0.25) is 0 Å². The number of fused-ring (bicyclic) bond motifs is 1. The van der Waals surface area contributed by atoms with Crippen LogP contribution in [0.1, 0.15) is 5.56 Å². The van der Waals surface area contributed by atoms with Crippen LogP contribution in [0.5, 0.6) is 5.75 Å². The van der Waals surface area contributed by atoms with Crippen LogP contribution in [0.4, 0.5) is 4.39 Å². The lowest BCUT2D eigenvalue weighted by atomic mass is 10.2. The number of H-pyrrole nitrogens is 1. The van der Waals surface area contributed by atoms with Gasteiger partial charge in [-0.1, -0.05) is 6.07 Å². The van der Waals surface area contributed by atoms with Crippen LogP contribution < -0.4 is 4.74 Å². The van der Waals surface area contributed by atoms with Gasteiger partial charge in [0.15, 0.2) is 0 Å². The van der Waals surface area contributed by atoms with Gasteiger partial charge in [0, 0.05) is 28.9 Å². The first-order valence-electron chi connectivity index (χ1n) is 5.62. The molecular weight excluding hydrogens is 231 g/mol. The Morgan fingerprint density at radius 2 is 2.17 bits per heavy atom. The lowest BCUT2D eigenvalue weighted by Crippen LogP contribution is -1.95. The Morgan fingerprint density at radius 3 is 3.00 bits per heavy atom. The van der Waals surface area contributed by atoms with Crippen molar-refractivity contribution in [2.24, 2.45) is 0 Å². The lowest BCUT2D eigenvalue weighted by Gasteiger charge is -2.04. The predicted octanol–water partition coefficient (Wildman–Crippen LogP) is 3.28. The van der Waals surface area contributed by atoms with Gasteiger partial charge >= 0.3 is 0 Å². The van der Waals surface area contributed by atoms with Gasteiger partial charge in [-0.25, -0.2) is 4.39 Å². The second-order valence-electron chi connectivity index (χ2n) is 3.95. The minimum Gasteiger partial charge on any atom is -0.487 e. The molecule has 0 unspecified atom stereocenters. The van der Waals surface area contributed by atoms with Crippen LogP contribution in [0.25, 0.3) is 10.9 Å². The molecule has 0 amide bonds. The van der Waals surface area contributed by atoms with Gasteiger partial charge in [-0.05, 0) is 24.3 Å². The van der Waals surface area contributed by atoms with Crippen LogP contribution in [0.15, 0.2) is 48.9 Å². The van der Waals surface area contributed by atoms with E-state index in [9.17, 15) is 4.39 Å². The number of benzene rings is 1. The fourth-order valence-corrected chi connectivity index (χ4v) is 1.92. The standard InChI is InChI=1S/C14H11FN2O/c15-12-4-1-5-13-14(12)10(7-17-13)9-18-11-3-2-6-16-8-11/h1-8,17H,9H2. The molecule has 2 aromatic heterocycles. The summed E-state index contributed by atoms with van der Waals surface area (Å²) < 4.78 is 19.3. The van der Waals surface area contributed by atoms with Crippen molar-refractivity contribution in [2.75, 3.05) is 0 Å². The largest absolute Gasteiger partial charge is 0.487 e. The number of rotatable bonds is 3. The summed E-state index contributed by atoms with van der Waals surface area (Å²) in [5.74, 6) is 0.432. The molecule has 0 saturated carbocycles. The molecule has 1 aromatic carbocycles. The Hall–Kier alpha value is -2.36. The van der Waals surface area contributed by atoms with E-state index in [0.717, 1.165) is 11.1 Å². The molecule has 18 heavy (non-hydrogen) atoms. The smallest absolute Gasteiger partial charge is 0.138 e. The Labute approximate surface area is 103 Å². The fourth-order valence-electron chi connectivity index (χ4n) is 1.92. The highest BCUT2D eigenvalue weighted by atomic mass is 19.1. The zero-order valence-corrected chi connectivity index (χ0v) is 9.56. The summed E-state index contributed by atoms with van der Waals surface area (Å²) in [4.78, 5) is 6.99. The third kappa shape index (κ3) is 1.93. The van der Waals surface area contributed by atoms with Crippen LogP contribution in [0, 0.1) is 5.82 Å². The first kappa shape index (κ1) is 10.8. The summed E-state index contributed by atoms with van der Waals surface area (Å²) >= 11 is 0. The second-order valence-corrected chi connectivity index (χ2v) is 3.95. The van der Waals surface area contributed by atoms with E-state index in [1.165, 1.54) is 6.07 Å². The molecular formula is C14H11FN2O. The van der Waals surface area contributed by atoms with E-state index in [2.05, 4.69) is 9.97 Å². The Bertz CT molecular complexity index is 664. The number of nitrogens with one attached hydrogen (secondary N) is 1. The number of pyridine rings is 1. The Balaban J connectivity index is 1.87. The molecule has 3 rings (SSSR count). The highest BCUT2D eigenvalue weighted by Crippen LogP contribution is 2.22.